The summed E-state index contributed by atoms with van der Waals surface area (Å²) in [5.41, 5.74) is 5.57. The van der Waals surface area contributed by atoms with E-state index in [-0.39, 0.29) is 72.5 Å². The summed E-state index contributed by atoms with van der Waals surface area (Å²) in [6.07, 6.45) is 3.97. The SMILES string of the molecule is CC(C)I.CC(C)Oc1ncc(Cl)cc1N.CC(C)Oc1ncc(Cl)cc1[N+](=O)[O-].O=[N+]([O-])c1cc(Cl)cnc1Cl.[CH3-].[Pd]. The van der Waals surface area contributed by atoms with Gasteiger partial charge in [-0.2, -0.15) is 0 Å². The summed E-state index contributed by atoms with van der Waals surface area (Å²) >= 11 is 24.4. The molecule has 18 heteroatoms. The van der Waals surface area contributed by atoms with Crippen molar-refractivity contribution in [1.29, 1.82) is 0 Å². The molecule has 0 spiro atoms. The molecule has 0 saturated carbocycles. The van der Waals surface area contributed by atoms with Crippen molar-refractivity contribution in [3.05, 3.63) is 84.7 Å². The number of hydrogen-bond donors (Lipinski definition) is 1. The van der Waals surface area contributed by atoms with E-state index in [4.69, 9.17) is 61.6 Å². The van der Waals surface area contributed by atoms with Gasteiger partial charge in [0.15, 0.2) is 0 Å². The molecule has 2 N–H and O–H groups in total. The Labute approximate surface area is 298 Å². The van der Waals surface area contributed by atoms with Crippen LogP contribution in [-0.4, -0.2) is 40.9 Å². The quantitative estimate of drug-likeness (QED) is 0.0479. The van der Waals surface area contributed by atoms with Crippen LogP contribution in [0.3, 0.4) is 0 Å². The molecule has 0 aliphatic heterocycles. The fourth-order valence-electron chi connectivity index (χ4n) is 2.16. The number of alkyl halides is 1. The maximum absolute atomic E-state index is 10.6. The molecule has 0 fully saturated rings. The van der Waals surface area contributed by atoms with Crippen LogP contribution in [0.5, 0.6) is 11.8 Å². The number of hydrogen-bond acceptors (Lipinski definition) is 10. The van der Waals surface area contributed by atoms with E-state index in [1.807, 2.05) is 13.8 Å². The average molecular weight is 888 g/mol. The first kappa shape index (κ1) is 45.6. The molecule has 43 heavy (non-hydrogen) atoms. The normalized spacial score (nSPS) is 9.53. The Balaban J connectivity index is -0.000000516. The Morgan fingerprint density at radius 1 is 0.744 bits per heavy atom. The summed E-state index contributed by atoms with van der Waals surface area (Å²) in [5.74, 6) is 0.434. The third-order valence-corrected chi connectivity index (χ3v) is 4.43. The Morgan fingerprint density at radius 2 is 1.09 bits per heavy atom. The van der Waals surface area contributed by atoms with Gasteiger partial charge in [0, 0.05) is 48.9 Å². The van der Waals surface area contributed by atoms with Gasteiger partial charge in [-0.05, 0) is 33.8 Å². The van der Waals surface area contributed by atoms with Gasteiger partial charge in [-0.1, -0.05) is 82.8 Å². The van der Waals surface area contributed by atoms with Crippen LogP contribution < -0.4 is 15.2 Å². The Kier molecular flexibility index (Phi) is 25.0. The third-order valence-electron chi connectivity index (χ3n) is 3.52. The number of rotatable bonds is 6. The molecule has 3 aromatic rings. The predicted octanol–water partition coefficient (Wildman–Crippen LogP) is 9.11. The van der Waals surface area contributed by atoms with E-state index in [0.717, 1.165) is 9.99 Å². The summed E-state index contributed by atoms with van der Waals surface area (Å²) in [4.78, 5) is 30.7. The van der Waals surface area contributed by atoms with E-state index in [0.29, 0.717) is 16.6 Å². The van der Waals surface area contributed by atoms with Crippen LogP contribution in [0.2, 0.25) is 20.2 Å². The summed E-state index contributed by atoms with van der Waals surface area (Å²) in [6.45, 7) is 11.7. The second-order valence-corrected chi connectivity index (χ2v) is 12.5. The number of anilines is 1. The fraction of sp³-hybridized carbons (Fsp3) is 0.360. The van der Waals surface area contributed by atoms with Crippen LogP contribution in [0.4, 0.5) is 17.1 Å². The molecule has 0 bridgehead atoms. The number of halogens is 5. The van der Waals surface area contributed by atoms with Crippen molar-refractivity contribution in [2.75, 3.05) is 5.73 Å². The number of nitrogens with two attached hydrogens (primary N) is 1. The number of nitrogens with zero attached hydrogens (tertiary/aromatic N) is 5. The molecule has 0 radical (unpaired) electrons. The maximum atomic E-state index is 10.6. The van der Waals surface area contributed by atoms with E-state index in [9.17, 15) is 20.2 Å². The van der Waals surface area contributed by atoms with Crippen molar-refractivity contribution in [3.8, 4) is 11.8 Å². The van der Waals surface area contributed by atoms with Crippen LogP contribution >= 0.6 is 69.0 Å². The molecule has 0 atom stereocenters. The maximum Gasteiger partial charge on any atom is 0.332 e. The minimum Gasteiger partial charge on any atom is -0.473 e. The van der Waals surface area contributed by atoms with Crippen molar-refractivity contribution in [1.82, 2.24) is 15.0 Å². The van der Waals surface area contributed by atoms with E-state index in [2.05, 4.69) is 51.4 Å². The molecule has 3 rings (SSSR count). The fourth-order valence-corrected chi connectivity index (χ4v) is 2.81. The average Bonchev–Trinajstić information content (AvgIpc) is 2.83. The van der Waals surface area contributed by atoms with Gasteiger partial charge in [0.2, 0.25) is 11.0 Å². The number of ether oxygens (including phenoxy) is 2. The van der Waals surface area contributed by atoms with E-state index in [1.54, 1.807) is 19.9 Å². The number of pyridine rings is 3. The van der Waals surface area contributed by atoms with Crippen LogP contribution in [-0.2, 0) is 20.4 Å². The molecule has 0 aliphatic carbocycles. The first-order valence-corrected chi connectivity index (χ1v) is 14.3. The van der Waals surface area contributed by atoms with Crippen molar-refractivity contribution in [3.63, 3.8) is 0 Å². The summed E-state index contributed by atoms with van der Waals surface area (Å²) in [5, 5.41) is 21.6. The van der Waals surface area contributed by atoms with Gasteiger partial charge in [-0.25, -0.2) is 15.0 Å². The minimum absolute atomic E-state index is 0. The summed E-state index contributed by atoms with van der Waals surface area (Å²) in [6, 6.07) is 3.98. The third kappa shape index (κ3) is 20.7. The van der Waals surface area contributed by atoms with Crippen LogP contribution in [0.15, 0.2) is 36.8 Å². The zero-order valence-corrected chi connectivity index (χ0v) is 30.9. The first-order chi connectivity index (χ1) is 18.9. The molecule has 0 aliphatic rings. The van der Waals surface area contributed by atoms with Crippen LogP contribution in [0, 0.1) is 27.7 Å². The molecule has 0 aromatic carbocycles. The van der Waals surface area contributed by atoms with E-state index in [1.165, 1.54) is 24.7 Å². The predicted molar refractivity (Wildman–Crippen MR) is 178 cm³/mol. The molecule has 0 amide bonds. The number of nitro groups is 2. The first-order valence-electron chi connectivity index (χ1n) is 11.6. The smallest absolute Gasteiger partial charge is 0.332 e. The number of nitrogen functional groups attached to an aromatic ring is 1. The molecule has 3 heterocycles. The van der Waals surface area contributed by atoms with E-state index < -0.39 is 9.85 Å². The monoisotopic (exact) mass is 885 g/mol. The van der Waals surface area contributed by atoms with Gasteiger partial charge < -0.3 is 22.6 Å². The van der Waals surface area contributed by atoms with Gasteiger partial charge in [-0.3, -0.25) is 20.2 Å². The Bertz CT molecular complexity index is 1290. The van der Waals surface area contributed by atoms with Crippen molar-refractivity contribution < 1.29 is 39.7 Å². The molecular weight excluding hydrogens is 855 g/mol. The van der Waals surface area contributed by atoms with Gasteiger partial charge in [0.25, 0.3) is 5.88 Å². The molecule has 3 aromatic heterocycles. The standard InChI is InChI=1S/C8H9ClN2O3.C8H11ClN2O.C5H2Cl2N2O2.C3H7I.CH3.Pd/c1-5(2)14-8-7(11(12)13)3-6(9)4-10-8;1-5(2)12-8-7(10)3-6(9)4-11-8;6-3-1-4(9(10)11)5(7)8-2-3;1-3(2)4;;/h3-5H,1-2H3;3-5H,10H2,1-2H3;1-2H;3H,1-2H3;1H3;/q;;;;-1;. The van der Waals surface area contributed by atoms with Crippen LogP contribution in [0.25, 0.3) is 0 Å². The largest absolute Gasteiger partial charge is 0.473 e. The van der Waals surface area contributed by atoms with Crippen molar-refractivity contribution >= 4 is 86.1 Å². The van der Waals surface area contributed by atoms with Crippen LogP contribution in [0.1, 0.15) is 41.5 Å². The zero-order valence-electron chi connectivity index (χ0n) is 24.2. The topological polar surface area (TPSA) is 169 Å². The second kappa shape index (κ2) is 23.6. The minimum atomic E-state index is -0.638. The Hall–Kier alpha value is -1.80. The second-order valence-electron chi connectivity index (χ2n) is 8.35. The van der Waals surface area contributed by atoms with Gasteiger partial charge >= 0.3 is 11.4 Å². The molecule has 0 saturated heterocycles. The number of aromatic nitrogens is 3. The Morgan fingerprint density at radius 3 is 1.47 bits per heavy atom. The van der Waals surface area contributed by atoms with E-state index >= 15 is 0 Å². The van der Waals surface area contributed by atoms with Gasteiger partial charge in [0.05, 0.1) is 49.0 Å². The molecule has 0 unspecified atom stereocenters. The van der Waals surface area contributed by atoms with Gasteiger partial charge in [0.1, 0.15) is 0 Å². The summed E-state index contributed by atoms with van der Waals surface area (Å²) < 4.78 is 11.3. The van der Waals surface area contributed by atoms with Crippen molar-refractivity contribution in [2.24, 2.45) is 0 Å². The molecule has 244 valence electrons. The van der Waals surface area contributed by atoms with Crippen molar-refractivity contribution in [2.45, 2.75) is 57.7 Å². The van der Waals surface area contributed by atoms with Gasteiger partial charge in [-0.15, -0.1) is 0 Å². The molecule has 12 nitrogen and oxygen atoms in total. The summed E-state index contributed by atoms with van der Waals surface area (Å²) in [7, 11) is 0. The zero-order chi connectivity index (χ0) is 31.9. The molecular formula is C25H32Cl4IN6O6Pd-.